The van der Waals surface area contributed by atoms with Gasteiger partial charge in [-0.05, 0) is 19.9 Å². The molecule has 1 amide bonds. The Morgan fingerprint density at radius 2 is 2.18 bits per heavy atom. The molecule has 2 rings (SSSR count). The summed E-state index contributed by atoms with van der Waals surface area (Å²) in [5.41, 5.74) is 0.960. The summed E-state index contributed by atoms with van der Waals surface area (Å²) in [5.74, 6) is -0.424. The minimum absolute atomic E-state index is 0.0561. The van der Waals surface area contributed by atoms with E-state index in [1.165, 1.54) is 0 Å². The summed E-state index contributed by atoms with van der Waals surface area (Å²) in [6.07, 6.45) is -0.139. The van der Waals surface area contributed by atoms with E-state index in [4.69, 9.17) is 9.84 Å². The van der Waals surface area contributed by atoms with Gasteiger partial charge in [0.1, 0.15) is 11.8 Å². The number of para-hydroxylation sites is 1. The maximum absolute atomic E-state index is 11.9. The van der Waals surface area contributed by atoms with Crippen LogP contribution in [0.15, 0.2) is 24.3 Å². The number of hydrogen-bond donors (Lipinski definition) is 2. The number of nitrogens with zero attached hydrogens (tertiary/aromatic N) is 1. The molecule has 1 heterocycles. The van der Waals surface area contributed by atoms with Gasteiger partial charge in [0.05, 0.1) is 12.5 Å². The predicted octanol–water partition coefficient (Wildman–Crippen LogP) is 1.25. The van der Waals surface area contributed by atoms with Gasteiger partial charge >= 0.3 is 5.97 Å². The van der Waals surface area contributed by atoms with Gasteiger partial charge in [0.25, 0.3) is 0 Å². The fourth-order valence-electron chi connectivity index (χ4n) is 2.56. The third kappa shape index (κ3) is 4.21. The second kappa shape index (κ2) is 7.26. The Morgan fingerprint density at radius 3 is 2.86 bits per heavy atom. The predicted molar refractivity (Wildman–Crippen MR) is 81.7 cm³/mol. The first-order valence-corrected chi connectivity index (χ1v) is 7.45. The minimum atomic E-state index is -0.973. The summed E-state index contributed by atoms with van der Waals surface area (Å²) in [6.45, 7) is 5.56. The number of hydrogen-bond acceptors (Lipinski definition) is 4. The number of carbonyl (C=O) groups excluding carboxylic acids is 1. The monoisotopic (exact) mass is 306 g/mol. The maximum Gasteiger partial charge on any atom is 0.305 e. The molecule has 120 valence electrons. The average molecular weight is 306 g/mol. The zero-order chi connectivity index (χ0) is 16.1. The van der Waals surface area contributed by atoms with Crippen LogP contribution in [-0.2, 0) is 16.1 Å². The zero-order valence-electron chi connectivity index (χ0n) is 12.9. The van der Waals surface area contributed by atoms with Crippen LogP contribution in [0.5, 0.6) is 5.75 Å². The zero-order valence-corrected chi connectivity index (χ0v) is 12.9. The smallest absolute Gasteiger partial charge is 0.305 e. The van der Waals surface area contributed by atoms with Gasteiger partial charge in [-0.1, -0.05) is 18.2 Å². The van der Waals surface area contributed by atoms with E-state index in [1.54, 1.807) is 0 Å². The number of nitrogens with one attached hydrogen (secondary N) is 1. The summed E-state index contributed by atoms with van der Waals surface area (Å²) in [7, 11) is 0. The minimum Gasteiger partial charge on any atom is -0.491 e. The summed E-state index contributed by atoms with van der Waals surface area (Å²) < 4.78 is 5.79. The van der Waals surface area contributed by atoms with Gasteiger partial charge in [-0.2, -0.15) is 0 Å². The number of piperazine rings is 1. The van der Waals surface area contributed by atoms with Crippen molar-refractivity contribution in [2.45, 2.75) is 39.0 Å². The van der Waals surface area contributed by atoms with Crippen LogP contribution in [0.1, 0.15) is 25.8 Å². The molecule has 0 aromatic heterocycles. The molecule has 22 heavy (non-hydrogen) atoms. The van der Waals surface area contributed by atoms with E-state index in [9.17, 15) is 9.59 Å². The Kier molecular flexibility index (Phi) is 5.38. The molecule has 0 spiro atoms. The van der Waals surface area contributed by atoms with Crippen molar-refractivity contribution in [3.05, 3.63) is 29.8 Å². The molecule has 1 aromatic carbocycles. The Balaban J connectivity index is 2.17. The van der Waals surface area contributed by atoms with Crippen LogP contribution in [0, 0.1) is 0 Å². The fraction of sp³-hybridized carbons (Fsp3) is 0.500. The van der Waals surface area contributed by atoms with E-state index in [-0.39, 0.29) is 18.4 Å². The normalized spacial score (nSPS) is 19.0. The fourth-order valence-corrected chi connectivity index (χ4v) is 2.56. The number of amides is 1. The van der Waals surface area contributed by atoms with E-state index in [0.717, 1.165) is 11.3 Å². The summed E-state index contributed by atoms with van der Waals surface area (Å²) in [6, 6.07) is 7.02. The molecule has 0 bridgehead atoms. The molecular weight excluding hydrogens is 284 g/mol. The Labute approximate surface area is 130 Å². The van der Waals surface area contributed by atoms with Crippen LogP contribution in [0.3, 0.4) is 0 Å². The van der Waals surface area contributed by atoms with Crippen molar-refractivity contribution in [1.82, 2.24) is 10.2 Å². The third-order valence-electron chi connectivity index (χ3n) is 3.52. The van der Waals surface area contributed by atoms with Gasteiger partial charge in [0.2, 0.25) is 5.91 Å². The second-order valence-corrected chi connectivity index (χ2v) is 5.65. The van der Waals surface area contributed by atoms with Gasteiger partial charge < -0.3 is 15.2 Å². The molecule has 1 fully saturated rings. The van der Waals surface area contributed by atoms with E-state index in [0.29, 0.717) is 19.6 Å². The number of benzene rings is 1. The molecule has 0 aliphatic carbocycles. The largest absolute Gasteiger partial charge is 0.491 e. The molecule has 1 aliphatic rings. The SMILES string of the molecule is CC(C)Oc1ccccc1CN1CCNC(=O)C1CC(=O)O. The van der Waals surface area contributed by atoms with Crippen LogP contribution < -0.4 is 10.1 Å². The number of rotatable bonds is 6. The molecule has 6 heteroatoms. The first-order valence-electron chi connectivity index (χ1n) is 7.45. The molecule has 2 N–H and O–H groups in total. The van der Waals surface area contributed by atoms with Gasteiger partial charge in [-0.25, -0.2) is 0 Å². The molecule has 1 saturated heterocycles. The molecule has 0 saturated carbocycles. The first kappa shape index (κ1) is 16.3. The molecule has 1 unspecified atom stereocenters. The lowest BCUT2D eigenvalue weighted by Crippen LogP contribution is -2.55. The molecular formula is C16H22N2O4. The van der Waals surface area contributed by atoms with Crippen LogP contribution >= 0.6 is 0 Å². The van der Waals surface area contributed by atoms with Crippen molar-refractivity contribution in [3.8, 4) is 5.75 Å². The van der Waals surface area contributed by atoms with Crippen molar-refractivity contribution < 1.29 is 19.4 Å². The molecule has 6 nitrogen and oxygen atoms in total. The van der Waals surface area contributed by atoms with Gasteiger partial charge in [0.15, 0.2) is 0 Å². The molecule has 1 aromatic rings. The number of carboxylic acid groups (broad SMARTS) is 1. The lowest BCUT2D eigenvalue weighted by atomic mass is 10.1. The number of ether oxygens (including phenoxy) is 1. The highest BCUT2D eigenvalue weighted by molar-refractivity contribution is 5.86. The quantitative estimate of drug-likeness (QED) is 0.827. The Morgan fingerprint density at radius 1 is 1.45 bits per heavy atom. The average Bonchev–Trinajstić information content (AvgIpc) is 2.44. The third-order valence-corrected chi connectivity index (χ3v) is 3.52. The van der Waals surface area contributed by atoms with E-state index in [2.05, 4.69) is 5.32 Å². The second-order valence-electron chi connectivity index (χ2n) is 5.65. The molecule has 0 radical (unpaired) electrons. The van der Waals surface area contributed by atoms with Crippen molar-refractivity contribution in [2.24, 2.45) is 0 Å². The number of carbonyl (C=O) groups is 2. The van der Waals surface area contributed by atoms with E-state index < -0.39 is 12.0 Å². The topological polar surface area (TPSA) is 78.9 Å². The highest BCUT2D eigenvalue weighted by Crippen LogP contribution is 2.23. The highest BCUT2D eigenvalue weighted by atomic mass is 16.5. The Bertz CT molecular complexity index is 545. The number of carboxylic acids is 1. The number of aliphatic carboxylic acids is 1. The first-order chi connectivity index (χ1) is 10.5. The van der Waals surface area contributed by atoms with Crippen LogP contribution in [-0.4, -0.2) is 47.1 Å². The van der Waals surface area contributed by atoms with E-state index >= 15 is 0 Å². The highest BCUT2D eigenvalue weighted by Gasteiger charge is 2.31. The van der Waals surface area contributed by atoms with Crippen LogP contribution in [0.25, 0.3) is 0 Å². The van der Waals surface area contributed by atoms with Gasteiger partial charge in [0, 0.05) is 25.2 Å². The molecule has 1 atom stereocenters. The van der Waals surface area contributed by atoms with Crippen LogP contribution in [0.2, 0.25) is 0 Å². The summed E-state index contributed by atoms with van der Waals surface area (Å²) in [5, 5.41) is 11.7. The van der Waals surface area contributed by atoms with E-state index in [1.807, 2.05) is 43.0 Å². The van der Waals surface area contributed by atoms with Crippen LogP contribution in [0.4, 0.5) is 0 Å². The van der Waals surface area contributed by atoms with Crippen molar-refractivity contribution in [3.63, 3.8) is 0 Å². The standard InChI is InChI=1S/C16H22N2O4/c1-11(2)22-14-6-4-3-5-12(14)10-18-8-7-17-16(21)13(18)9-15(19)20/h3-6,11,13H,7-10H2,1-2H3,(H,17,21)(H,19,20). The van der Waals surface area contributed by atoms with Gasteiger partial charge in [-0.3, -0.25) is 14.5 Å². The maximum atomic E-state index is 11.9. The van der Waals surface area contributed by atoms with Crippen molar-refractivity contribution in [1.29, 1.82) is 0 Å². The lowest BCUT2D eigenvalue weighted by Gasteiger charge is -2.34. The van der Waals surface area contributed by atoms with Gasteiger partial charge in [-0.15, -0.1) is 0 Å². The Hall–Kier alpha value is -2.08. The molecule has 1 aliphatic heterocycles. The van der Waals surface area contributed by atoms with Crippen molar-refractivity contribution >= 4 is 11.9 Å². The summed E-state index contributed by atoms with van der Waals surface area (Å²) in [4.78, 5) is 24.8. The van der Waals surface area contributed by atoms with Crippen molar-refractivity contribution in [2.75, 3.05) is 13.1 Å². The lowest BCUT2D eigenvalue weighted by molar-refractivity contribution is -0.143. The summed E-state index contributed by atoms with van der Waals surface area (Å²) >= 11 is 0.